The van der Waals surface area contributed by atoms with E-state index in [2.05, 4.69) is 66.7 Å². The summed E-state index contributed by atoms with van der Waals surface area (Å²) in [4.78, 5) is 14.6. The Morgan fingerprint density at radius 3 is 1.66 bits per heavy atom. The first-order valence-electron chi connectivity index (χ1n) is 13.6. The van der Waals surface area contributed by atoms with Crippen molar-refractivity contribution in [1.82, 2.24) is 15.0 Å². The van der Waals surface area contributed by atoms with Crippen LogP contribution in [0.3, 0.4) is 0 Å². The minimum absolute atomic E-state index is 0.645. The summed E-state index contributed by atoms with van der Waals surface area (Å²) in [6.07, 6.45) is 0. The zero-order valence-electron chi connectivity index (χ0n) is 22.0. The molecule has 0 saturated heterocycles. The largest absolute Gasteiger partial charge is 0.456 e. The average Bonchev–Trinajstić information content (AvgIpc) is 3.41. The molecular weight excluding hydrogens is 502 g/mol. The van der Waals surface area contributed by atoms with Crippen LogP contribution in [0.1, 0.15) is 0 Å². The highest BCUT2D eigenvalue weighted by Gasteiger charge is 2.13. The number of rotatable bonds is 4. The van der Waals surface area contributed by atoms with Crippen molar-refractivity contribution < 1.29 is 4.42 Å². The molecule has 0 fully saturated rings. The van der Waals surface area contributed by atoms with Gasteiger partial charge in [0.15, 0.2) is 17.5 Å². The third-order valence-electron chi connectivity index (χ3n) is 7.49. The fraction of sp³-hybridized carbons (Fsp3) is 0. The molecular formula is C37H23N3O. The molecule has 192 valence electrons. The van der Waals surface area contributed by atoms with Crippen LogP contribution in [0, 0.1) is 0 Å². The van der Waals surface area contributed by atoms with Crippen molar-refractivity contribution in [2.75, 3.05) is 0 Å². The lowest BCUT2D eigenvalue weighted by molar-refractivity contribution is 0.669. The van der Waals surface area contributed by atoms with E-state index in [0.717, 1.165) is 55.1 Å². The lowest BCUT2D eigenvalue weighted by Gasteiger charge is -2.10. The van der Waals surface area contributed by atoms with Gasteiger partial charge in [0.1, 0.15) is 11.2 Å². The van der Waals surface area contributed by atoms with E-state index in [4.69, 9.17) is 19.4 Å². The molecule has 0 aliphatic carbocycles. The lowest BCUT2D eigenvalue weighted by Crippen LogP contribution is -2.00. The van der Waals surface area contributed by atoms with Crippen LogP contribution in [0.2, 0.25) is 0 Å². The molecule has 4 nitrogen and oxygen atoms in total. The first-order chi connectivity index (χ1) is 20.3. The molecule has 8 aromatic rings. The van der Waals surface area contributed by atoms with Crippen molar-refractivity contribution in [1.29, 1.82) is 0 Å². The molecule has 8 rings (SSSR count). The highest BCUT2D eigenvalue weighted by atomic mass is 16.3. The zero-order valence-corrected chi connectivity index (χ0v) is 22.0. The number of para-hydroxylation sites is 1. The third kappa shape index (κ3) is 4.23. The van der Waals surface area contributed by atoms with Crippen molar-refractivity contribution >= 4 is 32.7 Å². The Bertz CT molecular complexity index is 2140. The summed E-state index contributed by atoms with van der Waals surface area (Å²) >= 11 is 0. The molecule has 0 radical (unpaired) electrons. The molecule has 0 saturated carbocycles. The lowest BCUT2D eigenvalue weighted by atomic mass is 9.98. The third-order valence-corrected chi connectivity index (χ3v) is 7.49. The fourth-order valence-electron chi connectivity index (χ4n) is 5.42. The van der Waals surface area contributed by atoms with Gasteiger partial charge in [-0.25, -0.2) is 15.0 Å². The van der Waals surface area contributed by atoms with Crippen LogP contribution in [-0.4, -0.2) is 15.0 Å². The Labute approximate surface area is 236 Å². The topological polar surface area (TPSA) is 51.8 Å². The molecule has 2 heterocycles. The van der Waals surface area contributed by atoms with E-state index in [1.165, 1.54) is 5.39 Å². The summed E-state index contributed by atoms with van der Waals surface area (Å²) in [6.45, 7) is 0. The van der Waals surface area contributed by atoms with Crippen molar-refractivity contribution in [2.45, 2.75) is 0 Å². The summed E-state index contributed by atoms with van der Waals surface area (Å²) < 4.78 is 6.10. The van der Waals surface area contributed by atoms with Crippen molar-refractivity contribution in [3.8, 4) is 45.3 Å². The predicted molar refractivity (Wildman–Crippen MR) is 166 cm³/mol. The molecule has 41 heavy (non-hydrogen) atoms. The monoisotopic (exact) mass is 525 g/mol. The highest BCUT2D eigenvalue weighted by molar-refractivity contribution is 6.10. The Morgan fingerprint density at radius 2 is 0.927 bits per heavy atom. The average molecular weight is 526 g/mol. The van der Waals surface area contributed by atoms with Crippen LogP contribution in [0.4, 0.5) is 0 Å². The second-order valence-electron chi connectivity index (χ2n) is 10.1. The first-order valence-corrected chi connectivity index (χ1v) is 13.6. The van der Waals surface area contributed by atoms with Crippen LogP contribution < -0.4 is 0 Å². The van der Waals surface area contributed by atoms with E-state index in [1.807, 2.05) is 72.8 Å². The first kappa shape index (κ1) is 23.3. The molecule has 0 N–H and O–H groups in total. The van der Waals surface area contributed by atoms with Crippen LogP contribution >= 0.6 is 0 Å². The van der Waals surface area contributed by atoms with E-state index in [0.29, 0.717) is 17.5 Å². The Kier molecular flexibility index (Phi) is 5.42. The van der Waals surface area contributed by atoms with E-state index in [1.54, 1.807) is 0 Å². The van der Waals surface area contributed by atoms with Crippen molar-refractivity contribution in [2.24, 2.45) is 0 Å². The van der Waals surface area contributed by atoms with Gasteiger partial charge in [0.25, 0.3) is 0 Å². The molecule has 0 amide bonds. The maximum Gasteiger partial charge on any atom is 0.164 e. The molecule has 4 heteroatoms. The van der Waals surface area contributed by atoms with Gasteiger partial charge in [0, 0.05) is 27.5 Å². The van der Waals surface area contributed by atoms with Crippen LogP contribution in [0.15, 0.2) is 144 Å². The molecule has 0 bridgehead atoms. The zero-order chi connectivity index (χ0) is 27.2. The quantitative estimate of drug-likeness (QED) is 0.230. The molecule has 0 atom stereocenters. The van der Waals surface area contributed by atoms with Gasteiger partial charge in [-0.3, -0.25) is 0 Å². The van der Waals surface area contributed by atoms with Gasteiger partial charge in [-0.1, -0.05) is 109 Å². The maximum absolute atomic E-state index is 6.10. The normalized spacial score (nSPS) is 11.4. The number of hydrogen-bond acceptors (Lipinski definition) is 4. The maximum atomic E-state index is 6.10. The molecule has 6 aromatic carbocycles. The summed E-state index contributed by atoms with van der Waals surface area (Å²) in [7, 11) is 0. The summed E-state index contributed by atoms with van der Waals surface area (Å²) in [5.41, 5.74) is 6.90. The van der Waals surface area contributed by atoms with Gasteiger partial charge >= 0.3 is 0 Å². The fourth-order valence-corrected chi connectivity index (χ4v) is 5.42. The summed E-state index contributed by atoms with van der Waals surface area (Å²) in [6, 6.07) is 47.6. The Morgan fingerprint density at radius 1 is 0.341 bits per heavy atom. The minimum Gasteiger partial charge on any atom is -0.456 e. The number of fused-ring (bicyclic) bond motifs is 4. The number of benzene rings is 6. The van der Waals surface area contributed by atoms with Gasteiger partial charge in [-0.2, -0.15) is 0 Å². The number of furan rings is 1. The van der Waals surface area contributed by atoms with Gasteiger partial charge in [0.05, 0.1) is 0 Å². The number of aromatic nitrogens is 3. The molecule has 0 spiro atoms. The Hall–Kier alpha value is -5.61. The summed E-state index contributed by atoms with van der Waals surface area (Å²) in [5, 5.41) is 4.58. The highest BCUT2D eigenvalue weighted by Crippen LogP contribution is 2.34. The van der Waals surface area contributed by atoms with Gasteiger partial charge in [0.2, 0.25) is 0 Å². The van der Waals surface area contributed by atoms with Crippen molar-refractivity contribution in [3.05, 3.63) is 140 Å². The number of hydrogen-bond donors (Lipinski definition) is 0. The van der Waals surface area contributed by atoms with Gasteiger partial charge in [-0.05, 0) is 52.2 Å². The summed E-state index contributed by atoms with van der Waals surface area (Å²) in [5.74, 6) is 1.95. The molecule has 2 aromatic heterocycles. The number of nitrogens with zero attached hydrogens (tertiary/aromatic N) is 3. The minimum atomic E-state index is 0.645. The standard InChI is InChI=1S/C37H23N3O/c1-3-10-24(11-4-1)35-38-36(25-12-5-2-6-13-25)40-37(39-35)29-15-9-14-26(20-29)27-18-19-28-23-34-32(22-30(28)21-27)31-16-7-8-17-33(31)41-34/h1-23H. The van der Waals surface area contributed by atoms with Crippen LogP contribution in [-0.2, 0) is 0 Å². The van der Waals surface area contributed by atoms with E-state index < -0.39 is 0 Å². The van der Waals surface area contributed by atoms with Gasteiger partial charge in [-0.15, -0.1) is 0 Å². The van der Waals surface area contributed by atoms with E-state index >= 15 is 0 Å². The SMILES string of the molecule is c1ccc(-c2nc(-c3ccccc3)nc(-c3cccc(-c4ccc5cc6oc7ccccc7c6cc5c4)c3)n2)cc1. The second kappa shape index (κ2) is 9.54. The van der Waals surface area contributed by atoms with Gasteiger partial charge < -0.3 is 4.42 Å². The Balaban J connectivity index is 1.25. The molecule has 0 aliphatic rings. The molecule has 0 unspecified atom stereocenters. The molecule has 0 aliphatic heterocycles. The van der Waals surface area contributed by atoms with E-state index in [-0.39, 0.29) is 0 Å². The van der Waals surface area contributed by atoms with E-state index in [9.17, 15) is 0 Å². The predicted octanol–water partition coefficient (Wildman–Crippen LogP) is 9.59. The van der Waals surface area contributed by atoms with Crippen molar-refractivity contribution in [3.63, 3.8) is 0 Å². The van der Waals surface area contributed by atoms with Crippen LogP contribution in [0.25, 0.3) is 78.0 Å². The smallest absolute Gasteiger partial charge is 0.164 e. The van der Waals surface area contributed by atoms with Crippen LogP contribution in [0.5, 0.6) is 0 Å². The second-order valence-corrected chi connectivity index (χ2v) is 10.1.